The summed E-state index contributed by atoms with van der Waals surface area (Å²) in [7, 11) is 1.63. The van der Waals surface area contributed by atoms with Crippen molar-refractivity contribution in [2.45, 2.75) is 5.60 Å². The van der Waals surface area contributed by atoms with Gasteiger partial charge in [0.05, 0.1) is 13.1 Å². The topological polar surface area (TPSA) is 42.4 Å². The Morgan fingerprint density at radius 1 is 1.35 bits per heavy atom. The molecule has 118 valence electrons. The van der Waals surface area contributed by atoms with Gasteiger partial charge in [-0.25, -0.2) is 4.39 Å². The highest BCUT2D eigenvalue weighted by atomic mass is 19.1. The zero-order valence-electron chi connectivity index (χ0n) is 12.8. The van der Waals surface area contributed by atoms with Crippen LogP contribution >= 0.6 is 0 Å². The van der Waals surface area contributed by atoms with Crippen LogP contribution in [0.15, 0.2) is 55.4 Å². The number of hydrogen-bond donors (Lipinski definition) is 0. The molecular weight excluding hydrogens is 295 g/mol. The maximum absolute atomic E-state index is 13.2. The largest absolute Gasteiger partial charge is 0.370 e. The minimum atomic E-state index is -0.578. The third-order valence-electron chi connectivity index (χ3n) is 4.24. The molecule has 0 saturated carbocycles. The highest BCUT2D eigenvalue weighted by Gasteiger charge is 2.47. The van der Waals surface area contributed by atoms with Crippen LogP contribution in [0.25, 0.3) is 11.1 Å². The van der Waals surface area contributed by atoms with Crippen LogP contribution in [0.4, 0.5) is 4.39 Å². The molecule has 0 aliphatic carbocycles. The molecule has 3 rings (SSSR count). The van der Waals surface area contributed by atoms with E-state index >= 15 is 0 Å². The molecule has 2 aromatic rings. The van der Waals surface area contributed by atoms with E-state index in [1.54, 1.807) is 36.5 Å². The Hall–Kier alpha value is -2.53. The lowest BCUT2D eigenvalue weighted by Gasteiger charge is -2.49. The molecule has 1 aliphatic rings. The molecule has 1 fully saturated rings. The predicted molar refractivity (Wildman–Crippen MR) is 85.1 cm³/mol. The lowest BCUT2D eigenvalue weighted by atomic mass is 9.82. The van der Waals surface area contributed by atoms with Gasteiger partial charge in [0.15, 0.2) is 0 Å². The zero-order valence-corrected chi connectivity index (χ0v) is 12.8. The summed E-state index contributed by atoms with van der Waals surface area (Å²) in [5.74, 6) is -0.401. The van der Waals surface area contributed by atoms with Gasteiger partial charge in [0, 0.05) is 25.1 Å². The number of nitrogens with zero attached hydrogens (tertiary/aromatic N) is 2. The minimum Gasteiger partial charge on any atom is -0.370 e. The number of likely N-dealkylation sites (tertiary alicyclic amines) is 1. The van der Waals surface area contributed by atoms with E-state index in [0.717, 1.165) is 16.7 Å². The SMILES string of the molecule is C=CC(=O)N1CC(OC)(c2ccncc2-c2ccc(F)cc2)C1. The van der Waals surface area contributed by atoms with E-state index in [1.165, 1.54) is 18.2 Å². The minimum absolute atomic E-state index is 0.116. The Bertz CT molecular complexity index is 737. The lowest BCUT2D eigenvalue weighted by Crippen LogP contribution is -2.62. The third kappa shape index (κ3) is 2.64. The molecule has 0 N–H and O–H groups in total. The van der Waals surface area contributed by atoms with Crippen LogP contribution in [0, 0.1) is 5.82 Å². The van der Waals surface area contributed by atoms with Gasteiger partial charge in [-0.1, -0.05) is 18.7 Å². The van der Waals surface area contributed by atoms with Crippen molar-refractivity contribution in [1.82, 2.24) is 9.88 Å². The molecule has 1 aliphatic heterocycles. The van der Waals surface area contributed by atoms with Gasteiger partial charge in [0.1, 0.15) is 11.4 Å². The van der Waals surface area contributed by atoms with Crippen LogP contribution < -0.4 is 0 Å². The van der Waals surface area contributed by atoms with Crippen LogP contribution in [0.2, 0.25) is 0 Å². The summed E-state index contributed by atoms with van der Waals surface area (Å²) < 4.78 is 18.9. The second kappa shape index (κ2) is 5.93. The van der Waals surface area contributed by atoms with Crippen molar-refractivity contribution >= 4 is 5.91 Å². The molecule has 0 bridgehead atoms. The number of amides is 1. The highest BCUT2D eigenvalue weighted by Crippen LogP contribution is 2.40. The first-order valence-corrected chi connectivity index (χ1v) is 7.26. The van der Waals surface area contributed by atoms with Crippen molar-refractivity contribution in [1.29, 1.82) is 0 Å². The molecule has 0 atom stereocenters. The van der Waals surface area contributed by atoms with Crippen LogP contribution in [-0.4, -0.2) is 36.0 Å². The summed E-state index contributed by atoms with van der Waals surface area (Å²) in [4.78, 5) is 17.6. The van der Waals surface area contributed by atoms with E-state index in [-0.39, 0.29) is 11.7 Å². The number of methoxy groups -OCH3 is 1. The Kier molecular flexibility index (Phi) is 3.96. The van der Waals surface area contributed by atoms with Crippen LogP contribution in [0.1, 0.15) is 5.56 Å². The quantitative estimate of drug-likeness (QED) is 0.815. The van der Waals surface area contributed by atoms with E-state index in [9.17, 15) is 9.18 Å². The van der Waals surface area contributed by atoms with Crippen molar-refractivity contribution in [3.63, 3.8) is 0 Å². The molecule has 1 aromatic heterocycles. The number of ether oxygens (including phenoxy) is 1. The number of carbonyl (C=O) groups excluding carboxylic acids is 1. The maximum Gasteiger partial charge on any atom is 0.246 e. The number of benzene rings is 1. The van der Waals surface area contributed by atoms with Crippen molar-refractivity contribution < 1.29 is 13.9 Å². The molecule has 23 heavy (non-hydrogen) atoms. The molecule has 0 spiro atoms. The average molecular weight is 312 g/mol. The molecule has 4 nitrogen and oxygen atoms in total. The Labute approximate surface area is 134 Å². The number of pyridine rings is 1. The van der Waals surface area contributed by atoms with E-state index in [0.29, 0.717) is 13.1 Å². The standard InChI is InChI=1S/C18H17FN2O2/c1-3-17(22)21-11-18(12-21,23-2)16-8-9-20-10-15(16)13-4-6-14(19)7-5-13/h3-10H,1,11-12H2,2H3. The molecule has 1 amide bonds. The van der Waals surface area contributed by atoms with Gasteiger partial charge in [-0.15, -0.1) is 0 Å². The van der Waals surface area contributed by atoms with Crippen LogP contribution in [-0.2, 0) is 15.1 Å². The van der Waals surface area contributed by atoms with Gasteiger partial charge in [-0.2, -0.15) is 0 Å². The monoisotopic (exact) mass is 312 g/mol. The lowest BCUT2D eigenvalue weighted by molar-refractivity contribution is -0.159. The molecule has 2 heterocycles. The zero-order chi connectivity index (χ0) is 16.4. The summed E-state index contributed by atoms with van der Waals surface area (Å²) in [6.07, 6.45) is 4.73. The van der Waals surface area contributed by atoms with E-state index < -0.39 is 5.60 Å². The van der Waals surface area contributed by atoms with Crippen LogP contribution in [0.5, 0.6) is 0 Å². The van der Waals surface area contributed by atoms with Crippen molar-refractivity contribution in [2.24, 2.45) is 0 Å². The van der Waals surface area contributed by atoms with Crippen LogP contribution in [0.3, 0.4) is 0 Å². The predicted octanol–water partition coefficient (Wildman–Crippen LogP) is 2.76. The number of hydrogen-bond acceptors (Lipinski definition) is 3. The average Bonchev–Trinajstić information content (AvgIpc) is 2.55. The van der Waals surface area contributed by atoms with Gasteiger partial charge in [-0.05, 0) is 35.4 Å². The fourth-order valence-electron chi connectivity index (χ4n) is 2.92. The normalized spacial score (nSPS) is 15.8. The number of halogens is 1. The first-order valence-electron chi connectivity index (χ1n) is 7.26. The van der Waals surface area contributed by atoms with Gasteiger partial charge in [0.25, 0.3) is 0 Å². The Balaban J connectivity index is 1.98. The summed E-state index contributed by atoms with van der Waals surface area (Å²) in [5, 5.41) is 0. The number of rotatable bonds is 4. The summed E-state index contributed by atoms with van der Waals surface area (Å²) >= 11 is 0. The maximum atomic E-state index is 13.2. The molecule has 0 unspecified atom stereocenters. The van der Waals surface area contributed by atoms with Gasteiger partial charge >= 0.3 is 0 Å². The molecule has 5 heteroatoms. The first kappa shape index (κ1) is 15.4. The van der Waals surface area contributed by atoms with E-state index in [1.807, 2.05) is 6.07 Å². The van der Waals surface area contributed by atoms with E-state index in [2.05, 4.69) is 11.6 Å². The Morgan fingerprint density at radius 3 is 2.65 bits per heavy atom. The fourth-order valence-corrected chi connectivity index (χ4v) is 2.92. The summed E-state index contributed by atoms with van der Waals surface area (Å²) in [6.45, 7) is 4.41. The van der Waals surface area contributed by atoms with Crippen molar-refractivity contribution in [2.75, 3.05) is 20.2 Å². The smallest absolute Gasteiger partial charge is 0.246 e. The van der Waals surface area contributed by atoms with Crippen molar-refractivity contribution in [3.8, 4) is 11.1 Å². The first-order chi connectivity index (χ1) is 11.1. The number of aromatic nitrogens is 1. The van der Waals surface area contributed by atoms with Gasteiger partial charge in [-0.3, -0.25) is 9.78 Å². The van der Waals surface area contributed by atoms with E-state index in [4.69, 9.17) is 4.74 Å². The molecule has 0 radical (unpaired) electrons. The van der Waals surface area contributed by atoms with Gasteiger partial charge < -0.3 is 9.64 Å². The van der Waals surface area contributed by atoms with Gasteiger partial charge in [0.2, 0.25) is 5.91 Å². The molecule has 1 saturated heterocycles. The molecular formula is C18H17FN2O2. The van der Waals surface area contributed by atoms with Crippen molar-refractivity contribution in [3.05, 3.63) is 66.8 Å². The third-order valence-corrected chi connectivity index (χ3v) is 4.24. The number of carbonyl (C=O) groups is 1. The Morgan fingerprint density at radius 2 is 2.04 bits per heavy atom. The second-order valence-electron chi connectivity index (χ2n) is 5.52. The fraction of sp³-hybridized carbons (Fsp3) is 0.222. The summed E-state index contributed by atoms with van der Waals surface area (Å²) in [6, 6.07) is 8.15. The highest BCUT2D eigenvalue weighted by molar-refractivity contribution is 5.88. The summed E-state index contributed by atoms with van der Waals surface area (Å²) in [5.41, 5.74) is 2.10. The second-order valence-corrected chi connectivity index (χ2v) is 5.52. The molecule has 1 aromatic carbocycles.